The Morgan fingerprint density at radius 3 is 2.78 bits per heavy atom. The van der Waals surface area contributed by atoms with Crippen LogP contribution < -0.4 is 9.64 Å². The standard InChI is InChI=1S/C17H15NO5/c1-10-5-6-14-13(8-10)18(11(2)17(20)21)16(19)15(23-14)9-12-4-3-7-22-12/h3-9,11H,1-2H3,(H,20,21)/b15-9+. The lowest BCUT2D eigenvalue weighted by molar-refractivity contribution is -0.139. The van der Waals surface area contributed by atoms with Gasteiger partial charge in [0, 0.05) is 6.08 Å². The molecule has 1 amide bonds. The van der Waals surface area contributed by atoms with Crippen molar-refractivity contribution >= 4 is 23.6 Å². The fourth-order valence-corrected chi connectivity index (χ4v) is 2.38. The van der Waals surface area contributed by atoms with E-state index in [1.807, 2.05) is 13.0 Å². The van der Waals surface area contributed by atoms with Gasteiger partial charge in [-0.15, -0.1) is 0 Å². The largest absolute Gasteiger partial charge is 0.480 e. The summed E-state index contributed by atoms with van der Waals surface area (Å²) in [7, 11) is 0. The van der Waals surface area contributed by atoms with E-state index in [0.29, 0.717) is 17.2 Å². The Bertz CT molecular complexity index is 791. The molecule has 0 fully saturated rings. The summed E-state index contributed by atoms with van der Waals surface area (Å²) in [5.41, 5.74) is 1.35. The van der Waals surface area contributed by atoms with Crippen molar-refractivity contribution in [3.05, 3.63) is 53.7 Å². The molecule has 6 nitrogen and oxygen atoms in total. The molecule has 0 saturated carbocycles. The van der Waals surface area contributed by atoms with Gasteiger partial charge in [0.1, 0.15) is 11.8 Å². The Labute approximate surface area is 132 Å². The average molecular weight is 313 g/mol. The van der Waals surface area contributed by atoms with Crippen molar-refractivity contribution in [2.24, 2.45) is 0 Å². The number of aryl methyl sites for hydroxylation is 1. The van der Waals surface area contributed by atoms with Gasteiger partial charge in [0.15, 0.2) is 11.5 Å². The topological polar surface area (TPSA) is 80.0 Å². The molecule has 23 heavy (non-hydrogen) atoms. The highest BCUT2D eigenvalue weighted by Crippen LogP contribution is 2.37. The second-order valence-electron chi connectivity index (χ2n) is 5.29. The van der Waals surface area contributed by atoms with Crippen molar-refractivity contribution < 1.29 is 23.8 Å². The number of fused-ring (bicyclic) bond motifs is 1. The van der Waals surface area contributed by atoms with Crippen LogP contribution >= 0.6 is 0 Å². The molecule has 0 bridgehead atoms. The molecular formula is C17H15NO5. The van der Waals surface area contributed by atoms with Gasteiger partial charge in [-0.1, -0.05) is 6.07 Å². The SMILES string of the molecule is Cc1ccc2c(c1)N(C(C)C(=O)O)C(=O)/C(=C\c1ccco1)O2. The number of carboxylic acid groups (broad SMARTS) is 1. The minimum Gasteiger partial charge on any atom is -0.480 e. The summed E-state index contributed by atoms with van der Waals surface area (Å²) in [4.78, 5) is 25.3. The first-order chi connectivity index (χ1) is 11.0. The van der Waals surface area contributed by atoms with E-state index in [0.717, 1.165) is 5.56 Å². The minimum atomic E-state index is -1.09. The van der Waals surface area contributed by atoms with Crippen LogP contribution in [0, 0.1) is 6.92 Å². The molecule has 1 N–H and O–H groups in total. The van der Waals surface area contributed by atoms with Crippen molar-refractivity contribution in [3.63, 3.8) is 0 Å². The lowest BCUT2D eigenvalue weighted by Gasteiger charge is -2.33. The number of aliphatic carboxylic acids is 1. The van der Waals surface area contributed by atoms with Crippen LogP contribution in [0.15, 0.2) is 46.8 Å². The number of carbonyl (C=O) groups is 2. The Morgan fingerprint density at radius 1 is 1.35 bits per heavy atom. The quantitative estimate of drug-likeness (QED) is 0.881. The number of amides is 1. The molecule has 0 radical (unpaired) electrons. The summed E-state index contributed by atoms with van der Waals surface area (Å²) >= 11 is 0. The summed E-state index contributed by atoms with van der Waals surface area (Å²) in [6, 6.07) is 7.63. The number of carboxylic acids is 1. The smallest absolute Gasteiger partial charge is 0.326 e. The average Bonchev–Trinajstić information content (AvgIpc) is 3.01. The molecule has 0 aliphatic carbocycles. The highest BCUT2D eigenvalue weighted by atomic mass is 16.5. The molecule has 1 aromatic heterocycles. The van der Waals surface area contributed by atoms with Crippen LogP contribution in [0.4, 0.5) is 5.69 Å². The first-order valence-electron chi connectivity index (χ1n) is 7.07. The van der Waals surface area contributed by atoms with Crippen molar-refractivity contribution in [2.75, 3.05) is 4.90 Å². The molecule has 1 aliphatic rings. The summed E-state index contributed by atoms with van der Waals surface area (Å²) in [6.45, 7) is 3.32. The second kappa shape index (κ2) is 5.64. The summed E-state index contributed by atoms with van der Waals surface area (Å²) in [5.74, 6) is -0.711. The number of anilines is 1. The molecule has 1 aliphatic heterocycles. The zero-order valence-electron chi connectivity index (χ0n) is 12.6. The Balaban J connectivity index is 2.11. The number of ether oxygens (including phenoxy) is 1. The number of benzene rings is 1. The number of nitrogens with zero attached hydrogens (tertiary/aromatic N) is 1. The molecular weight excluding hydrogens is 298 g/mol. The molecule has 6 heteroatoms. The van der Waals surface area contributed by atoms with Gasteiger partial charge >= 0.3 is 5.97 Å². The van der Waals surface area contributed by atoms with Crippen LogP contribution in [-0.2, 0) is 9.59 Å². The summed E-state index contributed by atoms with van der Waals surface area (Å²) in [5, 5.41) is 9.32. The van der Waals surface area contributed by atoms with Gasteiger partial charge < -0.3 is 14.3 Å². The molecule has 1 aromatic carbocycles. The van der Waals surface area contributed by atoms with E-state index < -0.39 is 17.9 Å². The lowest BCUT2D eigenvalue weighted by Crippen LogP contribution is -2.47. The number of hydrogen-bond donors (Lipinski definition) is 1. The maximum atomic E-state index is 12.7. The van der Waals surface area contributed by atoms with Gasteiger partial charge in [0.25, 0.3) is 5.91 Å². The molecule has 2 aromatic rings. The third kappa shape index (κ3) is 2.70. The number of hydrogen-bond acceptors (Lipinski definition) is 4. The van der Waals surface area contributed by atoms with E-state index >= 15 is 0 Å². The third-order valence-corrected chi connectivity index (χ3v) is 3.58. The molecule has 1 unspecified atom stereocenters. The zero-order chi connectivity index (χ0) is 16.6. The van der Waals surface area contributed by atoms with Crippen LogP contribution in [0.2, 0.25) is 0 Å². The van der Waals surface area contributed by atoms with Crippen molar-refractivity contribution in [1.29, 1.82) is 0 Å². The highest BCUT2D eigenvalue weighted by molar-refractivity contribution is 6.12. The van der Waals surface area contributed by atoms with E-state index in [1.165, 1.54) is 24.2 Å². The van der Waals surface area contributed by atoms with Gasteiger partial charge in [-0.25, -0.2) is 4.79 Å². The van der Waals surface area contributed by atoms with Crippen molar-refractivity contribution in [1.82, 2.24) is 0 Å². The number of rotatable bonds is 3. The first-order valence-corrected chi connectivity index (χ1v) is 7.07. The first kappa shape index (κ1) is 14.9. The molecule has 0 saturated heterocycles. The third-order valence-electron chi connectivity index (χ3n) is 3.58. The van der Waals surface area contributed by atoms with Gasteiger partial charge in [-0.3, -0.25) is 9.69 Å². The highest BCUT2D eigenvalue weighted by Gasteiger charge is 2.36. The van der Waals surface area contributed by atoms with E-state index in [9.17, 15) is 14.7 Å². The molecule has 118 valence electrons. The van der Waals surface area contributed by atoms with Crippen LogP contribution in [0.3, 0.4) is 0 Å². The van der Waals surface area contributed by atoms with E-state index in [2.05, 4.69) is 0 Å². The summed E-state index contributed by atoms with van der Waals surface area (Å²) < 4.78 is 10.8. The fourth-order valence-electron chi connectivity index (χ4n) is 2.38. The summed E-state index contributed by atoms with van der Waals surface area (Å²) in [6.07, 6.45) is 2.93. The fraction of sp³-hybridized carbons (Fsp3) is 0.176. The van der Waals surface area contributed by atoms with E-state index in [4.69, 9.17) is 9.15 Å². The predicted molar refractivity (Wildman–Crippen MR) is 83.1 cm³/mol. The van der Waals surface area contributed by atoms with Gasteiger partial charge in [0.05, 0.1) is 12.0 Å². The molecule has 1 atom stereocenters. The van der Waals surface area contributed by atoms with Crippen molar-refractivity contribution in [2.45, 2.75) is 19.9 Å². The molecule has 0 spiro atoms. The Morgan fingerprint density at radius 2 is 2.13 bits per heavy atom. The monoisotopic (exact) mass is 313 g/mol. The van der Waals surface area contributed by atoms with Crippen LogP contribution in [0.1, 0.15) is 18.2 Å². The normalized spacial score (nSPS) is 16.9. The molecule has 2 heterocycles. The van der Waals surface area contributed by atoms with Crippen molar-refractivity contribution in [3.8, 4) is 5.75 Å². The Kier molecular flexibility index (Phi) is 3.65. The van der Waals surface area contributed by atoms with Gasteiger partial charge in [0.2, 0.25) is 0 Å². The molecule has 3 rings (SSSR count). The number of furan rings is 1. The Hall–Kier alpha value is -3.02. The van der Waals surface area contributed by atoms with Crippen LogP contribution in [0.5, 0.6) is 5.75 Å². The van der Waals surface area contributed by atoms with Crippen LogP contribution in [0.25, 0.3) is 6.08 Å². The minimum absolute atomic E-state index is 0.0180. The van der Waals surface area contributed by atoms with Crippen LogP contribution in [-0.4, -0.2) is 23.0 Å². The van der Waals surface area contributed by atoms with E-state index in [1.54, 1.807) is 24.3 Å². The van der Waals surface area contributed by atoms with E-state index in [-0.39, 0.29) is 5.76 Å². The van der Waals surface area contributed by atoms with Gasteiger partial charge in [-0.2, -0.15) is 0 Å². The zero-order valence-corrected chi connectivity index (χ0v) is 12.6. The van der Waals surface area contributed by atoms with Gasteiger partial charge in [-0.05, 0) is 43.7 Å². The second-order valence-corrected chi connectivity index (χ2v) is 5.29. The number of carbonyl (C=O) groups excluding carboxylic acids is 1. The maximum absolute atomic E-state index is 12.7. The maximum Gasteiger partial charge on any atom is 0.326 e. The predicted octanol–water partition coefficient (Wildman–Crippen LogP) is 2.83. The lowest BCUT2D eigenvalue weighted by atomic mass is 10.1.